The van der Waals surface area contributed by atoms with Crippen molar-refractivity contribution >= 4 is 16.6 Å². The van der Waals surface area contributed by atoms with E-state index in [1.54, 1.807) is 12.3 Å². The number of hydrogen-bond acceptors (Lipinski definition) is 6. The van der Waals surface area contributed by atoms with Crippen molar-refractivity contribution in [3.05, 3.63) is 60.0 Å². The third-order valence-electron chi connectivity index (χ3n) is 8.25. The fraction of sp³-hybridized carbons (Fsp3) is 0.400. The zero-order valence-electron chi connectivity index (χ0n) is 22.3. The van der Waals surface area contributed by atoms with E-state index >= 15 is 4.39 Å². The molecule has 4 aromatic rings. The van der Waals surface area contributed by atoms with Gasteiger partial charge < -0.3 is 19.3 Å². The quantitative estimate of drug-likeness (QED) is 0.372. The fourth-order valence-corrected chi connectivity index (χ4v) is 5.49. The van der Waals surface area contributed by atoms with Gasteiger partial charge >= 0.3 is 0 Å². The van der Waals surface area contributed by atoms with Crippen molar-refractivity contribution in [2.24, 2.45) is 0 Å². The van der Waals surface area contributed by atoms with E-state index in [4.69, 9.17) is 9.47 Å². The van der Waals surface area contributed by atoms with Crippen LogP contribution in [-0.4, -0.2) is 66.0 Å². The van der Waals surface area contributed by atoms with E-state index in [9.17, 15) is 0 Å². The molecule has 7 nitrogen and oxygen atoms in total. The van der Waals surface area contributed by atoms with Crippen LogP contribution in [0.25, 0.3) is 33.4 Å². The van der Waals surface area contributed by atoms with Crippen molar-refractivity contribution in [3.63, 3.8) is 0 Å². The average Bonchev–Trinajstić information content (AvgIpc) is 3.34. The molecule has 8 heteroatoms. The lowest BCUT2D eigenvalue weighted by atomic mass is 9.88. The first-order valence-corrected chi connectivity index (χ1v) is 13.3. The Kier molecular flexibility index (Phi) is 6.53. The zero-order valence-corrected chi connectivity index (χ0v) is 22.3. The highest BCUT2D eigenvalue weighted by Crippen LogP contribution is 2.39. The van der Waals surface area contributed by atoms with E-state index in [0.717, 1.165) is 71.5 Å². The molecule has 2 aliphatic heterocycles. The minimum atomic E-state index is -0.311. The SMILES string of the molecule is CN(C)C1(C)CCN(c2ccc3cc2OCCCOCc2cccc(F)c2-c2cc4c-3n[nH]c4cn2)CC1. The van der Waals surface area contributed by atoms with Gasteiger partial charge in [-0.15, -0.1) is 0 Å². The Bertz CT molecular complexity index is 1460. The van der Waals surface area contributed by atoms with Crippen LogP contribution in [0.15, 0.2) is 48.7 Å². The minimum absolute atomic E-state index is 0.206. The molecule has 4 heterocycles. The van der Waals surface area contributed by atoms with Gasteiger partial charge in [0.25, 0.3) is 0 Å². The van der Waals surface area contributed by atoms with Crippen molar-refractivity contribution in [2.45, 2.75) is 38.3 Å². The number of fused-ring (bicyclic) bond motifs is 6. The summed E-state index contributed by atoms with van der Waals surface area (Å²) in [6.45, 7) is 5.64. The molecule has 0 atom stereocenters. The predicted octanol–water partition coefficient (Wildman–Crippen LogP) is 5.65. The van der Waals surface area contributed by atoms with Crippen LogP contribution in [0.1, 0.15) is 31.7 Å². The third kappa shape index (κ3) is 4.52. The standard InChI is InChI=1S/C30H34FN5O2/c1-30(35(2)3)10-12-36(13-11-30)26-9-8-20-16-27(26)38-15-5-14-37-19-21-6-4-7-23(31)28(21)24-17-22-25(18-32-24)33-34-29(20)22/h4,6-9,16-18H,5,10-15,19H2,1-3H3,(H,33,34). The minimum Gasteiger partial charge on any atom is -0.491 e. The summed E-state index contributed by atoms with van der Waals surface area (Å²) in [5.74, 6) is 0.541. The van der Waals surface area contributed by atoms with Crippen molar-refractivity contribution in [1.29, 1.82) is 0 Å². The number of anilines is 1. The van der Waals surface area contributed by atoms with Gasteiger partial charge in [0.15, 0.2) is 0 Å². The smallest absolute Gasteiger partial charge is 0.143 e. The maximum absolute atomic E-state index is 15.0. The van der Waals surface area contributed by atoms with Crippen molar-refractivity contribution in [2.75, 3.05) is 45.3 Å². The topological polar surface area (TPSA) is 66.5 Å². The number of rotatable bonds is 2. The Morgan fingerprint density at radius 3 is 2.74 bits per heavy atom. The lowest BCUT2D eigenvalue weighted by molar-refractivity contribution is 0.107. The molecule has 198 valence electrons. The number of aromatic nitrogens is 3. The molecule has 0 aliphatic carbocycles. The first-order chi connectivity index (χ1) is 18.4. The fourth-order valence-electron chi connectivity index (χ4n) is 5.49. The highest BCUT2D eigenvalue weighted by Gasteiger charge is 2.33. The maximum atomic E-state index is 15.0. The van der Waals surface area contributed by atoms with E-state index in [1.165, 1.54) is 6.07 Å². The van der Waals surface area contributed by atoms with Crippen molar-refractivity contribution in [1.82, 2.24) is 20.1 Å². The third-order valence-corrected chi connectivity index (χ3v) is 8.25. The summed E-state index contributed by atoms with van der Waals surface area (Å²) in [4.78, 5) is 9.33. The molecule has 1 fully saturated rings. The van der Waals surface area contributed by atoms with Crippen LogP contribution in [0.4, 0.5) is 10.1 Å². The monoisotopic (exact) mass is 515 g/mol. The van der Waals surface area contributed by atoms with Gasteiger partial charge in [-0.25, -0.2) is 4.39 Å². The van der Waals surface area contributed by atoms with Gasteiger partial charge in [-0.05, 0) is 63.7 Å². The van der Waals surface area contributed by atoms with Crippen LogP contribution in [0.5, 0.6) is 5.75 Å². The van der Waals surface area contributed by atoms with E-state index in [1.807, 2.05) is 12.1 Å². The molecule has 1 saturated heterocycles. The Morgan fingerprint density at radius 1 is 1.08 bits per heavy atom. The second-order valence-corrected chi connectivity index (χ2v) is 10.8. The van der Waals surface area contributed by atoms with E-state index in [0.29, 0.717) is 31.1 Å². The Hall–Kier alpha value is -3.49. The van der Waals surface area contributed by atoms with Crippen LogP contribution < -0.4 is 9.64 Å². The number of pyridine rings is 1. The largest absolute Gasteiger partial charge is 0.491 e. The number of nitrogens with one attached hydrogen (secondary N) is 1. The van der Waals surface area contributed by atoms with Gasteiger partial charge in [-0.1, -0.05) is 18.2 Å². The molecular weight excluding hydrogens is 481 g/mol. The molecule has 0 amide bonds. The summed E-state index contributed by atoms with van der Waals surface area (Å²) < 4.78 is 27.4. The maximum Gasteiger partial charge on any atom is 0.143 e. The summed E-state index contributed by atoms with van der Waals surface area (Å²) in [7, 11) is 4.33. The average molecular weight is 516 g/mol. The number of H-pyrrole nitrogens is 1. The van der Waals surface area contributed by atoms with Gasteiger partial charge in [-0.2, -0.15) is 5.10 Å². The molecule has 1 N–H and O–H groups in total. The van der Waals surface area contributed by atoms with E-state index < -0.39 is 0 Å². The van der Waals surface area contributed by atoms with Crippen molar-refractivity contribution in [3.8, 4) is 28.3 Å². The Morgan fingerprint density at radius 2 is 1.92 bits per heavy atom. The second-order valence-electron chi connectivity index (χ2n) is 10.8. The van der Waals surface area contributed by atoms with Gasteiger partial charge in [-0.3, -0.25) is 10.1 Å². The molecule has 2 aromatic carbocycles. The number of aromatic amines is 1. The van der Waals surface area contributed by atoms with E-state index in [2.05, 4.69) is 64.2 Å². The summed E-state index contributed by atoms with van der Waals surface area (Å²) >= 11 is 0. The Labute approximate surface area is 222 Å². The molecule has 0 radical (unpaired) electrons. The first kappa shape index (κ1) is 24.8. The molecule has 6 rings (SSSR count). The molecule has 2 aliphatic rings. The number of halogens is 1. The zero-order chi connectivity index (χ0) is 26.3. The lowest BCUT2D eigenvalue weighted by Crippen LogP contribution is -2.50. The summed E-state index contributed by atoms with van der Waals surface area (Å²) in [6.07, 6.45) is 4.63. The summed E-state index contributed by atoms with van der Waals surface area (Å²) in [6, 6.07) is 13.3. The molecule has 0 unspecified atom stereocenters. The van der Waals surface area contributed by atoms with E-state index in [-0.39, 0.29) is 11.4 Å². The normalized spacial score (nSPS) is 17.7. The van der Waals surface area contributed by atoms with Gasteiger partial charge in [0, 0.05) is 41.6 Å². The number of benzene rings is 2. The summed E-state index contributed by atoms with van der Waals surface area (Å²) in [5, 5.41) is 8.60. The Balaban J connectivity index is 1.42. The van der Waals surface area contributed by atoms with Gasteiger partial charge in [0.1, 0.15) is 17.3 Å². The van der Waals surface area contributed by atoms with Gasteiger partial charge in [0.2, 0.25) is 0 Å². The first-order valence-electron chi connectivity index (χ1n) is 13.3. The predicted molar refractivity (Wildman–Crippen MR) is 148 cm³/mol. The molecular formula is C30H34FN5O2. The number of piperidine rings is 1. The molecule has 0 spiro atoms. The lowest BCUT2D eigenvalue weighted by Gasteiger charge is -2.44. The van der Waals surface area contributed by atoms with Crippen molar-refractivity contribution < 1.29 is 13.9 Å². The van der Waals surface area contributed by atoms with Crippen LogP contribution in [0.2, 0.25) is 0 Å². The van der Waals surface area contributed by atoms with Gasteiger partial charge in [0.05, 0.1) is 42.9 Å². The highest BCUT2D eigenvalue weighted by atomic mass is 19.1. The van der Waals surface area contributed by atoms with Crippen LogP contribution in [0.3, 0.4) is 0 Å². The van der Waals surface area contributed by atoms with Crippen LogP contribution in [-0.2, 0) is 11.3 Å². The number of hydrogen-bond donors (Lipinski definition) is 1. The highest BCUT2D eigenvalue weighted by molar-refractivity contribution is 5.95. The second kappa shape index (κ2) is 10.0. The molecule has 38 heavy (non-hydrogen) atoms. The summed E-state index contributed by atoms with van der Waals surface area (Å²) in [5.41, 5.74) is 5.66. The number of nitrogens with zero attached hydrogens (tertiary/aromatic N) is 4. The number of ether oxygens (including phenoxy) is 2. The van der Waals surface area contributed by atoms with Crippen LogP contribution >= 0.6 is 0 Å². The van der Waals surface area contributed by atoms with Crippen LogP contribution in [0, 0.1) is 5.82 Å². The molecule has 2 aromatic heterocycles. The molecule has 4 bridgehead atoms. The molecule has 0 saturated carbocycles.